The zero-order valence-electron chi connectivity index (χ0n) is 8.36. The lowest BCUT2D eigenvalue weighted by atomic mass is 10.0. The maximum Gasteiger partial charge on any atom is 0.416 e. The molecule has 0 unspecified atom stereocenters. The van der Waals surface area contributed by atoms with E-state index in [4.69, 9.17) is 0 Å². The van der Waals surface area contributed by atoms with Crippen molar-refractivity contribution in [3.8, 4) is 0 Å². The van der Waals surface area contributed by atoms with E-state index in [1.54, 1.807) is 0 Å². The standard InChI is InChI=1S/C10H9BrF3NO/c1-15-9(16)5-6-7(10(12,13)14)3-2-4-8(6)11/h2-4H,5H2,1H3,(H,15,16). The lowest BCUT2D eigenvalue weighted by Crippen LogP contribution is -2.22. The molecule has 0 saturated carbocycles. The van der Waals surface area contributed by atoms with Crippen molar-refractivity contribution in [3.63, 3.8) is 0 Å². The first kappa shape index (κ1) is 13.0. The molecule has 0 heterocycles. The Labute approximate surface area is 99.0 Å². The highest BCUT2D eigenvalue weighted by Gasteiger charge is 2.34. The van der Waals surface area contributed by atoms with Crippen LogP contribution in [0.2, 0.25) is 0 Å². The Kier molecular flexibility index (Phi) is 3.96. The SMILES string of the molecule is CNC(=O)Cc1c(Br)cccc1C(F)(F)F. The summed E-state index contributed by atoms with van der Waals surface area (Å²) in [7, 11) is 1.38. The summed E-state index contributed by atoms with van der Waals surface area (Å²) in [6, 6.07) is 3.73. The van der Waals surface area contributed by atoms with E-state index < -0.39 is 17.6 Å². The minimum atomic E-state index is -4.45. The van der Waals surface area contributed by atoms with Gasteiger partial charge in [-0.3, -0.25) is 4.79 Å². The molecule has 0 fully saturated rings. The second kappa shape index (κ2) is 4.86. The molecule has 16 heavy (non-hydrogen) atoms. The zero-order chi connectivity index (χ0) is 12.3. The molecule has 0 bridgehead atoms. The summed E-state index contributed by atoms with van der Waals surface area (Å²) in [6.07, 6.45) is -4.75. The van der Waals surface area contributed by atoms with Crippen LogP contribution >= 0.6 is 15.9 Å². The molecule has 1 rings (SSSR count). The molecule has 88 valence electrons. The molecule has 1 aromatic carbocycles. The Morgan fingerprint density at radius 3 is 2.56 bits per heavy atom. The minimum absolute atomic E-state index is 0.0469. The zero-order valence-corrected chi connectivity index (χ0v) is 9.95. The summed E-state index contributed by atoms with van der Waals surface area (Å²) in [4.78, 5) is 11.1. The van der Waals surface area contributed by atoms with Crippen LogP contribution in [-0.2, 0) is 17.4 Å². The van der Waals surface area contributed by atoms with Crippen LogP contribution < -0.4 is 5.32 Å². The van der Waals surface area contributed by atoms with Crippen molar-refractivity contribution in [1.82, 2.24) is 5.32 Å². The Morgan fingerprint density at radius 1 is 1.44 bits per heavy atom. The van der Waals surface area contributed by atoms with Crippen molar-refractivity contribution in [2.24, 2.45) is 0 Å². The quantitative estimate of drug-likeness (QED) is 0.893. The Morgan fingerprint density at radius 2 is 2.06 bits per heavy atom. The van der Waals surface area contributed by atoms with E-state index in [0.717, 1.165) is 6.07 Å². The van der Waals surface area contributed by atoms with Crippen LogP contribution in [0.1, 0.15) is 11.1 Å². The van der Waals surface area contributed by atoms with E-state index in [0.29, 0.717) is 0 Å². The summed E-state index contributed by atoms with van der Waals surface area (Å²) in [6.45, 7) is 0. The highest BCUT2D eigenvalue weighted by molar-refractivity contribution is 9.10. The third-order valence-corrected chi connectivity index (χ3v) is 2.78. The average Bonchev–Trinajstić information content (AvgIpc) is 2.19. The fourth-order valence-electron chi connectivity index (χ4n) is 1.25. The number of rotatable bonds is 2. The van der Waals surface area contributed by atoms with Crippen LogP contribution in [0.25, 0.3) is 0 Å². The number of likely N-dealkylation sites (N-methyl/N-ethyl adjacent to an activating group) is 1. The van der Waals surface area contributed by atoms with Gasteiger partial charge in [-0.25, -0.2) is 0 Å². The van der Waals surface area contributed by atoms with Gasteiger partial charge < -0.3 is 5.32 Å². The Balaban J connectivity index is 3.19. The number of nitrogens with one attached hydrogen (secondary N) is 1. The van der Waals surface area contributed by atoms with Crippen molar-refractivity contribution in [3.05, 3.63) is 33.8 Å². The first-order valence-electron chi connectivity index (χ1n) is 4.41. The minimum Gasteiger partial charge on any atom is -0.359 e. The van der Waals surface area contributed by atoms with Gasteiger partial charge in [-0.2, -0.15) is 13.2 Å². The molecule has 6 heteroatoms. The molecule has 0 saturated heterocycles. The number of carbonyl (C=O) groups excluding carboxylic acids is 1. The van der Waals surface area contributed by atoms with Gasteiger partial charge in [-0.1, -0.05) is 22.0 Å². The summed E-state index contributed by atoms with van der Waals surface area (Å²) >= 11 is 3.02. The van der Waals surface area contributed by atoms with Gasteiger partial charge in [0.1, 0.15) is 0 Å². The fourth-order valence-corrected chi connectivity index (χ4v) is 1.76. The fraction of sp³-hybridized carbons (Fsp3) is 0.300. The molecule has 0 aliphatic carbocycles. The van der Waals surface area contributed by atoms with Gasteiger partial charge in [0.15, 0.2) is 0 Å². The Bertz CT molecular complexity index is 404. The van der Waals surface area contributed by atoms with Crippen LogP contribution in [0.5, 0.6) is 0 Å². The van der Waals surface area contributed by atoms with E-state index in [2.05, 4.69) is 21.2 Å². The lowest BCUT2D eigenvalue weighted by molar-refractivity contribution is -0.138. The molecule has 1 N–H and O–H groups in total. The number of hydrogen-bond acceptors (Lipinski definition) is 1. The third kappa shape index (κ3) is 2.98. The first-order chi connectivity index (χ1) is 7.36. The van der Waals surface area contributed by atoms with Crippen molar-refractivity contribution in [1.29, 1.82) is 0 Å². The second-order valence-corrected chi connectivity index (χ2v) is 3.97. The molecule has 2 nitrogen and oxygen atoms in total. The predicted molar refractivity (Wildman–Crippen MR) is 56.9 cm³/mol. The summed E-state index contributed by atoms with van der Waals surface area (Å²) < 4.78 is 38.2. The van der Waals surface area contributed by atoms with E-state index in [1.807, 2.05) is 0 Å². The van der Waals surface area contributed by atoms with E-state index in [9.17, 15) is 18.0 Å². The molecule has 0 aliphatic rings. The molecule has 0 atom stereocenters. The number of hydrogen-bond donors (Lipinski definition) is 1. The Hall–Kier alpha value is -1.04. The van der Waals surface area contributed by atoms with Gasteiger partial charge in [0.2, 0.25) is 5.91 Å². The summed E-state index contributed by atoms with van der Waals surface area (Å²) in [5, 5.41) is 2.29. The van der Waals surface area contributed by atoms with Crippen LogP contribution in [0, 0.1) is 0 Å². The molecular weight excluding hydrogens is 287 g/mol. The molecule has 1 amide bonds. The molecular formula is C10H9BrF3NO. The van der Waals surface area contributed by atoms with Gasteiger partial charge in [0.25, 0.3) is 0 Å². The maximum atomic E-state index is 12.6. The number of halogens is 4. The number of benzene rings is 1. The average molecular weight is 296 g/mol. The molecule has 0 spiro atoms. The molecule has 1 aromatic rings. The predicted octanol–water partition coefficient (Wildman–Crippen LogP) is 2.76. The van der Waals surface area contributed by atoms with Gasteiger partial charge in [0, 0.05) is 11.5 Å². The van der Waals surface area contributed by atoms with Crippen LogP contribution in [0.15, 0.2) is 22.7 Å². The normalized spacial score (nSPS) is 11.3. The van der Waals surface area contributed by atoms with E-state index in [1.165, 1.54) is 19.2 Å². The van der Waals surface area contributed by atoms with Gasteiger partial charge in [-0.05, 0) is 17.7 Å². The monoisotopic (exact) mass is 295 g/mol. The van der Waals surface area contributed by atoms with Gasteiger partial charge in [0.05, 0.1) is 12.0 Å². The highest BCUT2D eigenvalue weighted by atomic mass is 79.9. The van der Waals surface area contributed by atoms with Crippen molar-refractivity contribution < 1.29 is 18.0 Å². The largest absolute Gasteiger partial charge is 0.416 e. The van der Waals surface area contributed by atoms with Crippen LogP contribution in [-0.4, -0.2) is 13.0 Å². The van der Waals surface area contributed by atoms with Crippen molar-refractivity contribution >= 4 is 21.8 Å². The molecule has 0 radical (unpaired) electrons. The molecule has 0 aliphatic heterocycles. The maximum absolute atomic E-state index is 12.6. The van der Waals surface area contributed by atoms with Gasteiger partial charge in [-0.15, -0.1) is 0 Å². The smallest absolute Gasteiger partial charge is 0.359 e. The second-order valence-electron chi connectivity index (χ2n) is 3.11. The summed E-state index contributed by atoms with van der Waals surface area (Å²) in [5.74, 6) is -0.461. The van der Waals surface area contributed by atoms with E-state index in [-0.39, 0.29) is 16.5 Å². The van der Waals surface area contributed by atoms with Gasteiger partial charge >= 0.3 is 6.18 Å². The highest BCUT2D eigenvalue weighted by Crippen LogP contribution is 2.35. The number of amides is 1. The third-order valence-electron chi connectivity index (χ3n) is 2.04. The van der Waals surface area contributed by atoms with E-state index >= 15 is 0 Å². The number of carbonyl (C=O) groups is 1. The van der Waals surface area contributed by atoms with Crippen LogP contribution in [0.3, 0.4) is 0 Å². The van der Waals surface area contributed by atoms with Crippen LogP contribution in [0.4, 0.5) is 13.2 Å². The lowest BCUT2D eigenvalue weighted by Gasteiger charge is -2.13. The summed E-state index contributed by atoms with van der Waals surface area (Å²) in [5.41, 5.74) is -0.833. The van der Waals surface area contributed by atoms with Crippen molar-refractivity contribution in [2.45, 2.75) is 12.6 Å². The topological polar surface area (TPSA) is 29.1 Å². The molecule has 0 aromatic heterocycles. The van der Waals surface area contributed by atoms with Crippen molar-refractivity contribution in [2.75, 3.05) is 7.05 Å². The first-order valence-corrected chi connectivity index (χ1v) is 5.20. The number of alkyl halides is 3.